The number of carbonyl (C=O) groups is 2. The molecule has 0 bridgehead atoms. The molecule has 1 amide bonds. The first-order valence-electron chi connectivity index (χ1n) is 4.27. The molecule has 0 saturated heterocycles. The lowest BCUT2D eigenvalue weighted by atomic mass is 10.2. The van der Waals surface area contributed by atoms with Crippen LogP contribution < -0.4 is 0 Å². The van der Waals surface area contributed by atoms with E-state index in [1.807, 2.05) is 0 Å². The molecule has 8 heteroatoms. The van der Waals surface area contributed by atoms with Gasteiger partial charge in [-0.1, -0.05) is 0 Å². The van der Waals surface area contributed by atoms with Crippen LogP contribution >= 0.6 is 0 Å². The summed E-state index contributed by atoms with van der Waals surface area (Å²) in [4.78, 5) is 25.9. The smallest absolute Gasteiger partial charge is 0.325 e. The van der Waals surface area contributed by atoms with E-state index in [9.17, 15) is 9.59 Å². The van der Waals surface area contributed by atoms with Gasteiger partial charge in [-0.2, -0.15) is 0 Å². The molecule has 1 aliphatic rings. The number of hydrogen-bond acceptors (Lipinski definition) is 6. The molecule has 1 aromatic heterocycles. The van der Waals surface area contributed by atoms with Crippen LogP contribution in [0.1, 0.15) is 11.8 Å². The topological polar surface area (TPSA) is 105 Å². The molecule has 2 rings (SSSR count). The van der Waals surface area contributed by atoms with Crippen molar-refractivity contribution in [1.29, 1.82) is 0 Å². The van der Waals surface area contributed by atoms with E-state index >= 15 is 0 Å². The number of hydrazone groups is 1. The molecule has 1 atom stereocenters. The summed E-state index contributed by atoms with van der Waals surface area (Å²) in [6.07, 6.45) is 2.40. The van der Waals surface area contributed by atoms with Gasteiger partial charge >= 0.3 is 5.97 Å². The number of carboxylic acids is 1. The maximum Gasteiger partial charge on any atom is 0.325 e. The first-order valence-corrected chi connectivity index (χ1v) is 4.27. The summed E-state index contributed by atoms with van der Waals surface area (Å²) in [5.41, 5.74) is 0.270. The van der Waals surface area contributed by atoms with Crippen molar-refractivity contribution in [3.05, 3.63) is 18.4 Å². The minimum Gasteiger partial charge on any atom is -0.480 e. The number of aliphatic carboxylic acids is 1. The summed E-state index contributed by atoms with van der Waals surface area (Å²) in [7, 11) is 0. The van der Waals surface area contributed by atoms with Crippen molar-refractivity contribution in [3.8, 4) is 0 Å². The lowest BCUT2D eigenvalue weighted by molar-refractivity contribution is -0.150. The van der Waals surface area contributed by atoms with Crippen LogP contribution in [0.3, 0.4) is 0 Å². The lowest BCUT2D eigenvalue weighted by Crippen LogP contribution is -2.39. The van der Waals surface area contributed by atoms with Crippen molar-refractivity contribution in [1.82, 2.24) is 9.99 Å². The van der Waals surface area contributed by atoms with Crippen LogP contribution in [0.5, 0.6) is 0 Å². The molecular weight excluding hydrogens is 218 g/mol. The molecule has 8 nitrogen and oxygen atoms in total. The highest BCUT2D eigenvalue weighted by molar-refractivity contribution is 5.87. The zero-order chi connectivity index (χ0) is 11.5. The summed E-state index contributed by atoms with van der Waals surface area (Å²) in [5.74, 6) is -1.76. The minimum atomic E-state index is -1.16. The predicted octanol–water partition coefficient (Wildman–Crippen LogP) is -0.398. The monoisotopic (exact) mass is 225 g/mol. The quantitative estimate of drug-likeness (QED) is 0.750. The highest BCUT2D eigenvalue weighted by atomic mass is 16.5. The van der Waals surface area contributed by atoms with Gasteiger partial charge in [0, 0.05) is 0 Å². The molecule has 84 valence electrons. The van der Waals surface area contributed by atoms with Gasteiger partial charge in [-0.05, 0) is 0 Å². The second kappa shape index (κ2) is 4.01. The molecule has 1 aromatic rings. The number of carboxylic acid groups (broad SMARTS) is 1. The third-order valence-electron chi connectivity index (χ3n) is 1.87. The Kier molecular flexibility index (Phi) is 2.54. The Labute approximate surface area is 89.1 Å². The average Bonchev–Trinajstić information content (AvgIpc) is 2.73. The third kappa shape index (κ3) is 1.85. The Morgan fingerprint density at radius 3 is 3.06 bits per heavy atom. The molecule has 0 spiro atoms. The van der Waals surface area contributed by atoms with E-state index in [1.54, 1.807) is 0 Å². The molecular formula is C8H7N3O5. The van der Waals surface area contributed by atoms with E-state index in [-0.39, 0.29) is 5.69 Å². The Morgan fingerprint density at radius 2 is 2.44 bits per heavy atom. The number of rotatable bonds is 3. The molecule has 1 N–H and O–H groups in total. The Balaban J connectivity index is 2.16. The molecule has 2 heterocycles. The van der Waals surface area contributed by atoms with Crippen LogP contribution in [0.2, 0.25) is 0 Å². The van der Waals surface area contributed by atoms with Crippen LogP contribution in [0, 0.1) is 0 Å². The minimum absolute atomic E-state index is 0.270. The van der Waals surface area contributed by atoms with Gasteiger partial charge < -0.3 is 14.3 Å². The molecule has 16 heavy (non-hydrogen) atoms. The summed E-state index contributed by atoms with van der Waals surface area (Å²) in [6, 6.07) is 0. The summed E-state index contributed by atoms with van der Waals surface area (Å²) < 4.78 is 9.66. The van der Waals surface area contributed by atoms with Crippen molar-refractivity contribution < 1.29 is 23.8 Å². The van der Waals surface area contributed by atoms with E-state index in [0.29, 0.717) is 0 Å². The van der Waals surface area contributed by atoms with Crippen LogP contribution in [-0.4, -0.2) is 39.9 Å². The van der Waals surface area contributed by atoms with Crippen LogP contribution in [0.4, 0.5) is 0 Å². The van der Waals surface area contributed by atoms with Crippen molar-refractivity contribution in [2.75, 3.05) is 6.54 Å². The maximum atomic E-state index is 11.7. The van der Waals surface area contributed by atoms with E-state index in [4.69, 9.17) is 14.3 Å². The molecule has 1 unspecified atom stereocenters. The van der Waals surface area contributed by atoms with E-state index in [0.717, 1.165) is 17.8 Å². The summed E-state index contributed by atoms with van der Waals surface area (Å²) in [5, 5.41) is 12.9. The summed E-state index contributed by atoms with van der Waals surface area (Å²) in [6.45, 7) is -0.521. The lowest BCUT2D eigenvalue weighted by Gasteiger charge is -2.23. The van der Waals surface area contributed by atoms with Crippen molar-refractivity contribution in [3.63, 3.8) is 0 Å². The normalized spacial score (nSPS) is 19.6. The van der Waals surface area contributed by atoms with E-state index < -0.39 is 24.5 Å². The van der Waals surface area contributed by atoms with Crippen molar-refractivity contribution >= 4 is 18.3 Å². The fraction of sp³-hybridized carbons (Fsp3) is 0.250. The van der Waals surface area contributed by atoms with Crippen molar-refractivity contribution in [2.45, 2.75) is 6.10 Å². The fourth-order valence-electron chi connectivity index (χ4n) is 1.19. The van der Waals surface area contributed by atoms with Crippen LogP contribution in [0.25, 0.3) is 0 Å². The number of carbonyl (C=O) groups excluding carboxylic acids is 1. The van der Waals surface area contributed by atoms with Gasteiger partial charge in [0.1, 0.15) is 18.5 Å². The maximum absolute atomic E-state index is 11.7. The largest absolute Gasteiger partial charge is 0.480 e. The van der Waals surface area contributed by atoms with Gasteiger partial charge in [-0.15, -0.1) is 5.10 Å². The number of aromatic nitrogens is 1. The number of amides is 1. The third-order valence-corrected chi connectivity index (χ3v) is 1.87. The Morgan fingerprint density at radius 1 is 1.62 bits per heavy atom. The SMILES string of the molecule is O=C(O)CN1N=COC(c2cocn2)C1=O. The summed E-state index contributed by atoms with van der Waals surface area (Å²) >= 11 is 0. The first kappa shape index (κ1) is 10.1. The Bertz CT molecular complexity index is 427. The standard InChI is InChI=1S/C8H7N3O5/c12-6(13)1-11-8(14)7(16-4-10-11)5-2-15-3-9-5/h2-4,7H,1H2,(H,12,13). The van der Waals surface area contributed by atoms with Gasteiger partial charge in [0.15, 0.2) is 12.8 Å². The first-order chi connectivity index (χ1) is 7.68. The number of hydrogen-bond donors (Lipinski definition) is 1. The van der Waals surface area contributed by atoms with Gasteiger partial charge in [-0.25, -0.2) is 9.99 Å². The zero-order valence-electron chi connectivity index (χ0n) is 7.94. The van der Waals surface area contributed by atoms with Gasteiger partial charge in [-0.3, -0.25) is 9.59 Å². The average molecular weight is 225 g/mol. The van der Waals surface area contributed by atoms with E-state index in [2.05, 4.69) is 10.1 Å². The van der Waals surface area contributed by atoms with Crippen molar-refractivity contribution in [2.24, 2.45) is 5.10 Å². The predicted molar refractivity (Wildman–Crippen MR) is 48.2 cm³/mol. The highest BCUT2D eigenvalue weighted by Crippen LogP contribution is 2.20. The van der Waals surface area contributed by atoms with Gasteiger partial charge in [0.05, 0.1) is 0 Å². The molecule has 0 fully saturated rings. The molecule has 0 saturated carbocycles. The van der Waals surface area contributed by atoms with Gasteiger partial charge in [0.2, 0.25) is 6.10 Å². The molecule has 0 aliphatic carbocycles. The van der Waals surface area contributed by atoms with Crippen LogP contribution in [0.15, 0.2) is 22.2 Å². The zero-order valence-corrected chi connectivity index (χ0v) is 7.94. The van der Waals surface area contributed by atoms with E-state index in [1.165, 1.54) is 6.26 Å². The van der Waals surface area contributed by atoms with Gasteiger partial charge in [0.25, 0.3) is 5.91 Å². The molecule has 0 radical (unpaired) electrons. The second-order valence-corrected chi connectivity index (χ2v) is 2.94. The second-order valence-electron chi connectivity index (χ2n) is 2.94. The molecule has 1 aliphatic heterocycles. The highest BCUT2D eigenvalue weighted by Gasteiger charge is 2.33. The fourth-order valence-corrected chi connectivity index (χ4v) is 1.19. The molecule has 0 aromatic carbocycles. The number of ether oxygens (including phenoxy) is 1. The van der Waals surface area contributed by atoms with Crippen LogP contribution in [-0.2, 0) is 14.3 Å². The number of oxazole rings is 1. The number of nitrogens with zero attached hydrogens (tertiary/aromatic N) is 3. The Hall–Kier alpha value is -2.38.